The van der Waals surface area contributed by atoms with Gasteiger partial charge in [-0.25, -0.2) is 0 Å². The Kier molecular flexibility index (Phi) is 5.55. The molecule has 0 aliphatic carbocycles. The van der Waals surface area contributed by atoms with E-state index in [4.69, 9.17) is 10.4 Å². The maximum absolute atomic E-state index is 11.4. The average molecular weight is 254 g/mol. The highest BCUT2D eigenvalue weighted by atomic mass is 16.4. The van der Waals surface area contributed by atoms with Crippen molar-refractivity contribution in [3.63, 3.8) is 0 Å². The molecule has 1 fully saturated rings. The number of hydrogen-bond acceptors (Lipinski definition) is 5. The number of carbonyl (C=O) groups is 2. The summed E-state index contributed by atoms with van der Waals surface area (Å²) in [6.07, 6.45) is 1.58. The summed E-state index contributed by atoms with van der Waals surface area (Å²) in [6, 6.07) is 1.29. The molecule has 1 aliphatic rings. The van der Waals surface area contributed by atoms with Crippen molar-refractivity contribution in [1.82, 2.24) is 16.0 Å². The molecule has 1 aliphatic heterocycles. The molecule has 0 spiro atoms. The molecule has 1 saturated heterocycles. The Balaban J connectivity index is 2.20. The van der Waals surface area contributed by atoms with Gasteiger partial charge in [0.25, 0.3) is 0 Å². The first-order valence-electron chi connectivity index (χ1n) is 5.91. The third-order valence-electron chi connectivity index (χ3n) is 2.87. The van der Waals surface area contributed by atoms with Gasteiger partial charge in [-0.1, -0.05) is 0 Å². The Bertz CT molecular complexity index is 345. The van der Waals surface area contributed by atoms with Crippen molar-refractivity contribution in [2.24, 2.45) is 0 Å². The minimum absolute atomic E-state index is 0.0845. The van der Waals surface area contributed by atoms with E-state index in [9.17, 15) is 9.59 Å². The van der Waals surface area contributed by atoms with Gasteiger partial charge in [0.2, 0.25) is 5.91 Å². The third-order valence-corrected chi connectivity index (χ3v) is 2.87. The molecular weight excluding hydrogens is 236 g/mol. The lowest BCUT2D eigenvalue weighted by Gasteiger charge is -2.26. The number of nitrogens with one attached hydrogen (secondary N) is 3. The summed E-state index contributed by atoms with van der Waals surface area (Å²) in [4.78, 5) is 21.9. The van der Waals surface area contributed by atoms with Gasteiger partial charge in [-0.3, -0.25) is 9.59 Å². The molecule has 0 radical (unpaired) electrons. The fourth-order valence-electron chi connectivity index (χ4n) is 1.73. The number of hydrogen-bond donors (Lipinski definition) is 4. The van der Waals surface area contributed by atoms with E-state index < -0.39 is 12.0 Å². The summed E-state index contributed by atoms with van der Waals surface area (Å²) in [5, 5.41) is 25.8. The Labute approximate surface area is 106 Å². The van der Waals surface area contributed by atoms with Crippen LogP contribution in [0.1, 0.15) is 19.8 Å². The Morgan fingerprint density at radius 1 is 1.56 bits per heavy atom. The van der Waals surface area contributed by atoms with Crippen LogP contribution >= 0.6 is 0 Å². The van der Waals surface area contributed by atoms with Crippen molar-refractivity contribution in [2.45, 2.75) is 37.9 Å². The average Bonchev–Trinajstić information content (AvgIpc) is 2.36. The molecule has 1 amide bonds. The SMILES string of the molecule is CC(NC(=O)CN[C@@H]1CC[C@@H](C#N)NC1)C(=O)O. The van der Waals surface area contributed by atoms with Crippen molar-refractivity contribution >= 4 is 11.9 Å². The van der Waals surface area contributed by atoms with Crippen LogP contribution in [0, 0.1) is 11.3 Å². The molecule has 1 rings (SSSR count). The topological polar surface area (TPSA) is 114 Å². The van der Waals surface area contributed by atoms with E-state index in [1.54, 1.807) is 0 Å². The second-order valence-corrected chi connectivity index (χ2v) is 4.37. The molecule has 0 aromatic heterocycles. The molecule has 1 heterocycles. The first-order valence-corrected chi connectivity index (χ1v) is 5.91. The number of carboxylic acids is 1. The highest BCUT2D eigenvalue weighted by Crippen LogP contribution is 2.06. The number of carbonyl (C=O) groups excluding carboxylic acids is 1. The molecule has 7 heteroatoms. The fourth-order valence-corrected chi connectivity index (χ4v) is 1.73. The van der Waals surface area contributed by atoms with Crippen LogP contribution in [-0.4, -0.2) is 48.2 Å². The summed E-state index contributed by atoms with van der Waals surface area (Å²) >= 11 is 0. The minimum atomic E-state index is -1.06. The van der Waals surface area contributed by atoms with Crippen LogP contribution in [0.25, 0.3) is 0 Å². The zero-order valence-corrected chi connectivity index (χ0v) is 10.3. The van der Waals surface area contributed by atoms with Gasteiger partial charge in [0.1, 0.15) is 6.04 Å². The molecule has 100 valence electrons. The maximum atomic E-state index is 11.4. The quantitative estimate of drug-likeness (QED) is 0.490. The van der Waals surface area contributed by atoms with Crippen molar-refractivity contribution < 1.29 is 14.7 Å². The maximum Gasteiger partial charge on any atom is 0.325 e. The first kappa shape index (κ1) is 14.4. The number of piperidine rings is 1. The van der Waals surface area contributed by atoms with E-state index in [1.165, 1.54) is 6.92 Å². The molecule has 0 saturated carbocycles. The standard InChI is InChI=1S/C11H18N4O3/c1-7(11(17)18)15-10(16)6-14-9-3-2-8(4-12)13-5-9/h7-9,13-14H,2-3,5-6H2,1H3,(H,15,16)(H,17,18)/t7?,8-,9+/m0/s1. The van der Waals surface area contributed by atoms with Gasteiger partial charge in [-0.2, -0.15) is 5.26 Å². The van der Waals surface area contributed by atoms with E-state index in [-0.39, 0.29) is 24.5 Å². The van der Waals surface area contributed by atoms with Gasteiger partial charge in [-0.15, -0.1) is 0 Å². The van der Waals surface area contributed by atoms with E-state index in [0.29, 0.717) is 6.54 Å². The third kappa shape index (κ3) is 4.69. The molecule has 0 bridgehead atoms. The molecule has 7 nitrogen and oxygen atoms in total. The zero-order chi connectivity index (χ0) is 13.5. The fraction of sp³-hybridized carbons (Fsp3) is 0.727. The molecule has 0 aromatic carbocycles. The molecule has 18 heavy (non-hydrogen) atoms. The lowest BCUT2D eigenvalue weighted by atomic mass is 10.0. The summed E-state index contributed by atoms with van der Waals surface area (Å²) < 4.78 is 0. The number of amides is 1. The van der Waals surface area contributed by atoms with Crippen molar-refractivity contribution in [1.29, 1.82) is 5.26 Å². The lowest BCUT2D eigenvalue weighted by molar-refractivity contribution is -0.141. The van der Waals surface area contributed by atoms with E-state index in [0.717, 1.165) is 12.8 Å². The Hall–Kier alpha value is -1.65. The second-order valence-electron chi connectivity index (χ2n) is 4.37. The smallest absolute Gasteiger partial charge is 0.325 e. The van der Waals surface area contributed by atoms with Crippen LogP contribution in [0.4, 0.5) is 0 Å². The number of nitriles is 1. The van der Waals surface area contributed by atoms with Crippen LogP contribution in [0.5, 0.6) is 0 Å². The van der Waals surface area contributed by atoms with Crippen LogP contribution in [0.3, 0.4) is 0 Å². The van der Waals surface area contributed by atoms with Crippen LogP contribution in [-0.2, 0) is 9.59 Å². The van der Waals surface area contributed by atoms with E-state index in [1.807, 2.05) is 0 Å². The van der Waals surface area contributed by atoms with E-state index >= 15 is 0 Å². The predicted molar refractivity (Wildman–Crippen MR) is 63.7 cm³/mol. The molecular formula is C11H18N4O3. The number of rotatable bonds is 5. The normalized spacial score (nSPS) is 24.9. The molecule has 1 unspecified atom stereocenters. The van der Waals surface area contributed by atoms with E-state index in [2.05, 4.69) is 22.0 Å². The first-order chi connectivity index (χ1) is 8.52. The highest BCUT2D eigenvalue weighted by Gasteiger charge is 2.20. The van der Waals surface area contributed by atoms with Gasteiger partial charge in [-0.05, 0) is 19.8 Å². The Morgan fingerprint density at radius 3 is 2.78 bits per heavy atom. The van der Waals surface area contributed by atoms with Gasteiger partial charge < -0.3 is 21.1 Å². The summed E-state index contributed by atoms with van der Waals surface area (Å²) in [6.45, 7) is 2.14. The molecule has 4 N–H and O–H groups in total. The van der Waals surface area contributed by atoms with Crippen molar-refractivity contribution in [3.05, 3.63) is 0 Å². The van der Waals surface area contributed by atoms with Gasteiger partial charge in [0, 0.05) is 12.6 Å². The second kappa shape index (κ2) is 6.93. The highest BCUT2D eigenvalue weighted by molar-refractivity contribution is 5.84. The number of aliphatic carboxylic acids is 1. The van der Waals surface area contributed by atoms with Gasteiger partial charge >= 0.3 is 5.97 Å². The van der Waals surface area contributed by atoms with Crippen LogP contribution in [0.15, 0.2) is 0 Å². The molecule has 3 atom stereocenters. The Morgan fingerprint density at radius 2 is 2.28 bits per heavy atom. The lowest BCUT2D eigenvalue weighted by Crippen LogP contribution is -2.50. The minimum Gasteiger partial charge on any atom is -0.480 e. The largest absolute Gasteiger partial charge is 0.480 e. The van der Waals surface area contributed by atoms with Crippen molar-refractivity contribution in [2.75, 3.05) is 13.1 Å². The predicted octanol–water partition coefficient (Wildman–Crippen LogP) is -1.19. The summed E-state index contributed by atoms with van der Waals surface area (Å²) in [5.74, 6) is -1.40. The zero-order valence-electron chi connectivity index (χ0n) is 10.3. The number of nitrogens with zero attached hydrogens (tertiary/aromatic N) is 1. The summed E-state index contributed by atoms with van der Waals surface area (Å²) in [5.41, 5.74) is 0. The van der Waals surface area contributed by atoms with Crippen LogP contribution < -0.4 is 16.0 Å². The van der Waals surface area contributed by atoms with Gasteiger partial charge in [0.15, 0.2) is 0 Å². The van der Waals surface area contributed by atoms with Crippen LogP contribution in [0.2, 0.25) is 0 Å². The monoisotopic (exact) mass is 254 g/mol. The van der Waals surface area contributed by atoms with Gasteiger partial charge in [0.05, 0.1) is 18.7 Å². The molecule has 0 aromatic rings. The summed E-state index contributed by atoms with van der Waals surface area (Å²) in [7, 11) is 0. The van der Waals surface area contributed by atoms with Crippen molar-refractivity contribution in [3.8, 4) is 6.07 Å². The number of carboxylic acid groups (broad SMARTS) is 1.